The highest BCUT2D eigenvalue weighted by Crippen LogP contribution is 2.26. The van der Waals surface area contributed by atoms with Crippen molar-refractivity contribution in [2.24, 2.45) is 0 Å². The van der Waals surface area contributed by atoms with Gasteiger partial charge in [0, 0.05) is 6.54 Å². The molecule has 1 amide bonds. The van der Waals surface area contributed by atoms with E-state index in [1.807, 2.05) is 6.07 Å². The summed E-state index contributed by atoms with van der Waals surface area (Å²) < 4.78 is 5.05. The molecular weight excluding hydrogens is 302 g/mol. The fraction of sp³-hybridized carbons (Fsp3) is 0.350. The number of aryl methyl sites for hydroxylation is 1. The number of phenolic OH excluding ortho intramolecular Hbond substituents is 1. The molecule has 2 N–H and O–H groups in total. The van der Waals surface area contributed by atoms with Crippen molar-refractivity contribution in [2.45, 2.75) is 32.1 Å². The minimum absolute atomic E-state index is 0.00852. The molecule has 2 aromatic rings. The van der Waals surface area contributed by atoms with Gasteiger partial charge in [0.05, 0.1) is 13.5 Å². The van der Waals surface area contributed by atoms with E-state index in [0.717, 1.165) is 31.2 Å². The first-order valence-corrected chi connectivity index (χ1v) is 8.35. The van der Waals surface area contributed by atoms with Crippen molar-refractivity contribution >= 4 is 5.91 Å². The zero-order chi connectivity index (χ0) is 17.2. The second kappa shape index (κ2) is 9.60. The second-order valence-electron chi connectivity index (χ2n) is 5.83. The van der Waals surface area contributed by atoms with Crippen LogP contribution in [0.25, 0.3) is 0 Å². The summed E-state index contributed by atoms with van der Waals surface area (Å²) in [5.74, 6) is 0.465. The lowest BCUT2D eigenvalue weighted by Crippen LogP contribution is -2.26. The summed E-state index contributed by atoms with van der Waals surface area (Å²) in [5.41, 5.74) is 2.19. The van der Waals surface area contributed by atoms with Gasteiger partial charge in [0.25, 0.3) is 0 Å². The maximum atomic E-state index is 11.9. The van der Waals surface area contributed by atoms with Gasteiger partial charge in [-0.2, -0.15) is 0 Å². The Kier molecular flexibility index (Phi) is 7.15. The third-order valence-electron chi connectivity index (χ3n) is 3.92. The predicted molar refractivity (Wildman–Crippen MR) is 95.4 cm³/mol. The van der Waals surface area contributed by atoms with Crippen molar-refractivity contribution in [3.63, 3.8) is 0 Å². The molecule has 4 heteroatoms. The molecule has 0 radical (unpaired) electrons. The summed E-state index contributed by atoms with van der Waals surface area (Å²) in [6, 6.07) is 15.4. The van der Waals surface area contributed by atoms with Crippen LogP contribution in [-0.2, 0) is 17.6 Å². The van der Waals surface area contributed by atoms with Gasteiger partial charge in [0.1, 0.15) is 0 Å². The third kappa shape index (κ3) is 5.95. The largest absolute Gasteiger partial charge is 0.504 e. The zero-order valence-corrected chi connectivity index (χ0v) is 14.1. The molecule has 0 unspecified atom stereocenters. The first-order chi connectivity index (χ1) is 11.7. The van der Waals surface area contributed by atoms with Gasteiger partial charge in [-0.3, -0.25) is 4.79 Å². The summed E-state index contributed by atoms with van der Waals surface area (Å²) in [4.78, 5) is 11.9. The first-order valence-electron chi connectivity index (χ1n) is 8.35. The minimum atomic E-state index is -0.00852. The van der Waals surface area contributed by atoms with E-state index in [1.165, 1.54) is 12.7 Å². The normalized spacial score (nSPS) is 10.4. The van der Waals surface area contributed by atoms with Crippen LogP contribution in [0.4, 0.5) is 0 Å². The molecule has 0 saturated heterocycles. The molecule has 0 heterocycles. The standard InChI is InChI=1S/C20H25NO3/c1-24-19-14-17(11-12-18(19)22)15-20(23)21-13-7-3-6-10-16-8-4-2-5-9-16/h2,4-5,8-9,11-12,14,22H,3,6-7,10,13,15H2,1H3,(H,21,23). The fourth-order valence-electron chi connectivity index (χ4n) is 2.58. The predicted octanol–water partition coefficient (Wildman–Crippen LogP) is 3.47. The smallest absolute Gasteiger partial charge is 0.224 e. The number of aromatic hydroxyl groups is 1. The summed E-state index contributed by atoms with van der Waals surface area (Å²) >= 11 is 0. The van der Waals surface area contributed by atoms with Crippen LogP contribution in [0.3, 0.4) is 0 Å². The minimum Gasteiger partial charge on any atom is -0.504 e. The van der Waals surface area contributed by atoms with E-state index in [0.29, 0.717) is 18.7 Å². The highest BCUT2D eigenvalue weighted by Gasteiger charge is 2.07. The highest BCUT2D eigenvalue weighted by atomic mass is 16.5. The van der Waals surface area contributed by atoms with Crippen LogP contribution >= 0.6 is 0 Å². The summed E-state index contributed by atoms with van der Waals surface area (Å²) in [7, 11) is 1.49. The second-order valence-corrected chi connectivity index (χ2v) is 5.83. The average Bonchev–Trinajstić information content (AvgIpc) is 2.60. The number of rotatable bonds is 9. The summed E-state index contributed by atoms with van der Waals surface area (Å²) in [6.07, 6.45) is 4.59. The number of nitrogens with one attached hydrogen (secondary N) is 1. The van der Waals surface area contributed by atoms with Gasteiger partial charge >= 0.3 is 0 Å². The Morgan fingerprint density at radius 2 is 1.83 bits per heavy atom. The Bertz CT molecular complexity index is 641. The molecule has 4 nitrogen and oxygen atoms in total. The molecule has 24 heavy (non-hydrogen) atoms. The molecule has 2 rings (SSSR count). The number of hydrogen-bond donors (Lipinski definition) is 2. The number of carbonyl (C=O) groups excluding carboxylic acids is 1. The van der Waals surface area contributed by atoms with Crippen LogP contribution in [0, 0.1) is 0 Å². The van der Waals surface area contributed by atoms with E-state index in [-0.39, 0.29) is 11.7 Å². The van der Waals surface area contributed by atoms with Gasteiger partial charge in [-0.25, -0.2) is 0 Å². The van der Waals surface area contributed by atoms with Crippen molar-refractivity contribution in [1.82, 2.24) is 5.32 Å². The van der Waals surface area contributed by atoms with E-state index in [2.05, 4.69) is 29.6 Å². The summed E-state index contributed by atoms with van der Waals surface area (Å²) in [5, 5.41) is 12.5. The van der Waals surface area contributed by atoms with E-state index >= 15 is 0 Å². The number of ether oxygens (including phenoxy) is 1. The van der Waals surface area contributed by atoms with Crippen LogP contribution < -0.4 is 10.1 Å². The molecule has 0 aliphatic rings. The molecule has 0 saturated carbocycles. The van der Waals surface area contributed by atoms with Crippen molar-refractivity contribution < 1.29 is 14.6 Å². The molecular formula is C20H25NO3. The Labute approximate surface area is 143 Å². The van der Waals surface area contributed by atoms with E-state index in [1.54, 1.807) is 18.2 Å². The van der Waals surface area contributed by atoms with Crippen molar-refractivity contribution in [2.75, 3.05) is 13.7 Å². The molecule has 0 aliphatic heterocycles. The van der Waals surface area contributed by atoms with E-state index < -0.39 is 0 Å². The molecule has 128 valence electrons. The van der Waals surface area contributed by atoms with E-state index in [9.17, 15) is 9.90 Å². The summed E-state index contributed by atoms with van der Waals surface area (Å²) in [6.45, 7) is 0.697. The third-order valence-corrected chi connectivity index (χ3v) is 3.92. The van der Waals surface area contributed by atoms with E-state index in [4.69, 9.17) is 4.74 Å². The SMILES string of the molecule is COc1cc(CC(=O)NCCCCCc2ccccc2)ccc1O. The maximum Gasteiger partial charge on any atom is 0.224 e. The average molecular weight is 327 g/mol. The zero-order valence-electron chi connectivity index (χ0n) is 14.1. The van der Waals surface area contributed by atoms with Crippen LogP contribution in [0.2, 0.25) is 0 Å². The van der Waals surface area contributed by atoms with Crippen LogP contribution in [0.1, 0.15) is 30.4 Å². The van der Waals surface area contributed by atoms with Crippen LogP contribution in [0.15, 0.2) is 48.5 Å². The number of unbranched alkanes of at least 4 members (excludes halogenated alkanes) is 2. The quantitative estimate of drug-likeness (QED) is 0.693. The van der Waals surface area contributed by atoms with Crippen molar-refractivity contribution in [3.8, 4) is 11.5 Å². The Balaban J connectivity index is 1.61. The maximum absolute atomic E-state index is 11.9. The topological polar surface area (TPSA) is 58.6 Å². The van der Waals surface area contributed by atoms with Gasteiger partial charge in [-0.15, -0.1) is 0 Å². The van der Waals surface area contributed by atoms with Gasteiger partial charge in [0.15, 0.2) is 11.5 Å². The lowest BCUT2D eigenvalue weighted by molar-refractivity contribution is -0.120. The van der Waals surface area contributed by atoms with Gasteiger partial charge in [-0.05, 0) is 42.5 Å². The number of amides is 1. The molecule has 0 aromatic heterocycles. The molecule has 0 fully saturated rings. The number of phenols is 1. The number of carbonyl (C=O) groups is 1. The lowest BCUT2D eigenvalue weighted by atomic mass is 10.1. The monoisotopic (exact) mass is 327 g/mol. The Hall–Kier alpha value is -2.49. The van der Waals surface area contributed by atoms with Gasteiger partial charge in [-0.1, -0.05) is 42.8 Å². The van der Waals surface area contributed by atoms with Gasteiger partial charge < -0.3 is 15.2 Å². The molecule has 0 atom stereocenters. The molecule has 0 aliphatic carbocycles. The number of benzene rings is 2. The molecule has 0 spiro atoms. The Morgan fingerprint density at radius 1 is 1.04 bits per heavy atom. The van der Waals surface area contributed by atoms with Crippen LogP contribution in [0.5, 0.6) is 11.5 Å². The lowest BCUT2D eigenvalue weighted by Gasteiger charge is -2.08. The Morgan fingerprint density at radius 3 is 2.58 bits per heavy atom. The number of methoxy groups -OCH3 is 1. The van der Waals surface area contributed by atoms with Crippen molar-refractivity contribution in [3.05, 3.63) is 59.7 Å². The van der Waals surface area contributed by atoms with Crippen molar-refractivity contribution in [1.29, 1.82) is 0 Å². The number of hydrogen-bond acceptors (Lipinski definition) is 3. The fourth-order valence-corrected chi connectivity index (χ4v) is 2.58. The molecule has 2 aromatic carbocycles. The van der Waals surface area contributed by atoms with Crippen LogP contribution in [-0.4, -0.2) is 24.7 Å². The highest BCUT2D eigenvalue weighted by molar-refractivity contribution is 5.78. The molecule has 0 bridgehead atoms. The van der Waals surface area contributed by atoms with Gasteiger partial charge in [0.2, 0.25) is 5.91 Å². The first kappa shape index (κ1) is 17.9.